The van der Waals surface area contributed by atoms with Gasteiger partial charge < -0.3 is 15.1 Å². The van der Waals surface area contributed by atoms with Crippen molar-refractivity contribution >= 4 is 23.0 Å². The molecule has 1 saturated carbocycles. The van der Waals surface area contributed by atoms with Crippen molar-refractivity contribution in [2.75, 3.05) is 25.5 Å². The zero-order valence-electron chi connectivity index (χ0n) is 16.1. The van der Waals surface area contributed by atoms with Crippen molar-refractivity contribution in [2.24, 2.45) is 5.92 Å². The average Bonchev–Trinajstić information content (AvgIpc) is 2.63. The highest BCUT2D eigenvalue weighted by Gasteiger charge is 2.34. The zero-order valence-corrected chi connectivity index (χ0v) is 16.9. The quantitative estimate of drug-likeness (QED) is 0.808. The fourth-order valence-electron chi connectivity index (χ4n) is 4.67. The van der Waals surface area contributed by atoms with E-state index in [0.29, 0.717) is 0 Å². The van der Waals surface area contributed by atoms with Crippen molar-refractivity contribution in [3.8, 4) is 0 Å². The highest BCUT2D eigenvalue weighted by atomic mass is 32.1. The molecular formula is C21H34N3S+. The van der Waals surface area contributed by atoms with E-state index >= 15 is 0 Å². The summed E-state index contributed by atoms with van der Waals surface area (Å²) in [7, 11) is 2.44. The number of anilines is 1. The van der Waals surface area contributed by atoms with Crippen LogP contribution in [0.5, 0.6) is 0 Å². The molecule has 0 bridgehead atoms. The lowest BCUT2D eigenvalue weighted by atomic mass is 9.84. The van der Waals surface area contributed by atoms with E-state index in [0.717, 1.165) is 41.9 Å². The van der Waals surface area contributed by atoms with Crippen LogP contribution in [0.15, 0.2) is 24.3 Å². The molecule has 1 saturated heterocycles. The van der Waals surface area contributed by atoms with Crippen LogP contribution < -0.4 is 10.2 Å². The topological polar surface area (TPSA) is 19.7 Å². The third-order valence-corrected chi connectivity index (χ3v) is 6.79. The Bertz CT molecular complexity index is 563. The van der Waals surface area contributed by atoms with Crippen LogP contribution in [0.4, 0.5) is 5.69 Å². The van der Waals surface area contributed by atoms with Crippen molar-refractivity contribution in [3.63, 3.8) is 0 Å². The van der Waals surface area contributed by atoms with Gasteiger partial charge in [-0.25, -0.2) is 0 Å². The number of rotatable bonds is 3. The first kappa shape index (κ1) is 18.7. The number of nitrogens with zero attached hydrogens (tertiary/aromatic N) is 1. The number of quaternary nitrogens is 1. The highest BCUT2D eigenvalue weighted by Crippen LogP contribution is 2.23. The number of nitrogens with one attached hydrogen (secondary N) is 2. The molecule has 4 heteroatoms. The van der Waals surface area contributed by atoms with Crippen molar-refractivity contribution in [2.45, 2.75) is 64.5 Å². The summed E-state index contributed by atoms with van der Waals surface area (Å²) in [5.74, 6) is 0.885. The number of hydrogen-bond acceptors (Lipinski definition) is 1. The second kappa shape index (κ2) is 8.50. The Morgan fingerprint density at radius 3 is 2.36 bits per heavy atom. The molecule has 2 N–H and O–H groups in total. The lowest BCUT2D eigenvalue weighted by molar-refractivity contribution is -0.937. The molecule has 25 heavy (non-hydrogen) atoms. The molecule has 2 aliphatic rings. The minimum atomic E-state index is 0.795. The second-order valence-corrected chi connectivity index (χ2v) is 8.56. The number of likely N-dealkylation sites (tertiary alicyclic amines) is 1. The summed E-state index contributed by atoms with van der Waals surface area (Å²) < 4.78 is 0. The van der Waals surface area contributed by atoms with E-state index in [-0.39, 0.29) is 0 Å². The number of thiocarbonyl (C=S) groups is 1. The molecule has 0 radical (unpaired) electrons. The summed E-state index contributed by atoms with van der Waals surface area (Å²) in [5.41, 5.74) is 2.37. The molecule has 1 heterocycles. The smallest absolute Gasteiger partial charge is 0.173 e. The van der Waals surface area contributed by atoms with Crippen LogP contribution >= 0.6 is 12.2 Å². The van der Waals surface area contributed by atoms with E-state index in [1.807, 2.05) is 0 Å². The van der Waals surface area contributed by atoms with Crippen LogP contribution in [-0.4, -0.2) is 42.2 Å². The molecule has 0 aromatic heterocycles. The lowest BCUT2D eigenvalue weighted by Crippen LogP contribution is -3.17. The monoisotopic (exact) mass is 360 g/mol. The molecule has 3 rings (SSSR count). The fraction of sp³-hybridized carbons (Fsp3) is 0.667. The Balaban J connectivity index is 1.49. The van der Waals surface area contributed by atoms with E-state index in [4.69, 9.17) is 12.2 Å². The summed E-state index contributed by atoms with van der Waals surface area (Å²) in [5, 5.41) is 4.28. The molecule has 2 fully saturated rings. The van der Waals surface area contributed by atoms with E-state index < -0.39 is 0 Å². The third-order valence-electron chi connectivity index (χ3n) is 6.43. The van der Waals surface area contributed by atoms with Crippen molar-refractivity contribution < 1.29 is 4.90 Å². The van der Waals surface area contributed by atoms with Gasteiger partial charge >= 0.3 is 0 Å². The summed E-state index contributed by atoms with van der Waals surface area (Å²) in [4.78, 5) is 4.13. The Hall–Kier alpha value is -1.13. The normalized spacial score (nSPS) is 26.3. The minimum absolute atomic E-state index is 0.795. The fourth-order valence-corrected chi connectivity index (χ4v) is 4.97. The van der Waals surface area contributed by atoms with Gasteiger partial charge in [-0.3, -0.25) is 0 Å². The van der Waals surface area contributed by atoms with E-state index in [1.165, 1.54) is 44.1 Å². The maximum Gasteiger partial charge on any atom is 0.173 e. The highest BCUT2D eigenvalue weighted by molar-refractivity contribution is 7.80. The Kier molecular flexibility index (Phi) is 6.34. The predicted molar refractivity (Wildman–Crippen MR) is 110 cm³/mol. The van der Waals surface area contributed by atoms with Gasteiger partial charge in [-0.15, -0.1) is 0 Å². The van der Waals surface area contributed by atoms with Crippen LogP contribution in [0, 0.1) is 12.8 Å². The van der Waals surface area contributed by atoms with E-state index in [2.05, 4.69) is 55.4 Å². The molecule has 1 aromatic carbocycles. The zero-order chi connectivity index (χ0) is 17.8. The molecule has 3 atom stereocenters. The molecule has 0 amide bonds. The lowest BCUT2D eigenvalue weighted by Gasteiger charge is -2.41. The van der Waals surface area contributed by atoms with E-state index in [1.54, 1.807) is 4.90 Å². The van der Waals surface area contributed by atoms with Gasteiger partial charge in [-0.05, 0) is 50.5 Å². The SMILES string of the molecule is Cc1ccc(NC(=S)N2CCC([NH+](C)C3CCCCC3C)CC2)cc1. The van der Waals surface area contributed by atoms with Crippen LogP contribution in [-0.2, 0) is 0 Å². The first-order valence-corrected chi connectivity index (χ1v) is 10.4. The maximum absolute atomic E-state index is 5.65. The van der Waals surface area contributed by atoms with Gasteiger partial charge in [0.25, 0.3) is 0 Å². The summed E-state index contributed by atoms with van der Waals surface area (Å²) in [6, 6.07) is 10.1. The number of hydrogen-bond donors (Lipinski definition) is 2. The number of aryl methyl sites for hydroxylation is 1. The van der Waals surface area contributed by atoms with Crippen LogP contribution in [0.2, 0.25) is 0 Å². The molecule has 0 spiro atoms. The van der Waals surface area contributed by atoms with Gasteiger partial charge in [0.15, 0.2) is 5.11 Å². The van der Waals surface area contributed by atoms with E-state index in [9.17, 15) is 0 Å². The largest absolute Gasteiger partial charge is 0.349 e. The van der Waals surface area contributed by atoms with Gasteiger partial charge in [-0.2, -0.15) is 0 Å². The standard InChI is InChI=1S/C21H33N3S/c1-16-8-10-18(11-9-16)22-21(25)24-14-12-19(13-15-24)23(3)20-7-5-4-6-17(20)2/h8-11,17,19-20H,4-7,12-15H2,1-3H3,(H,22,25)/p+1. The van der Waals surface area contributed by atoms with Gasteiger partial charge in [0.2, 0.25) is 0 Å². The van der Waals surface area contributed by atoms with Crippen molar-refractivity contribution in [3.05, 3.63) is 29.8 Å². The molecule has 1 aliphatic carbocycles. The average molecular weight is 361 g/mol. The third kappa shape index (κ3) is 4.73. The van der Waals surface area contributed by atoms with Crippen LogP contribution in [0.25, 0.3) is 0 Å². The van der Waals surface area contributed by atoms with Crippen LogP contribution in [0.1, 0.15) is 51.0 Å². The van der Waals surface area contributed by atoms with Crippen molar-refractivity contribution in [1.29, 1.82) is 0 Å². The van der Waals surface area contributed by atoms with Gasteiger partial charge in [0, 0.05) is 37.5 Å². The van der Waals surface area contributed by atoms with Gasteiger partial charge in [-0.1, -0.05) is 31.0 Å². The maximum atomic E-state index is 5.65. The Morgan fingerprint density at radius 2 is 1.72 bits per heavy atom. The summed E-state index contributed by atoms with van der Waals surface area (Å²) in [6.07, 6.45) is 8.21. The van der Waals surface area contributed by atoms with Crippen molar-refractivity contribution in [1.82, 2.24) is 4.90 Å². The molecule has 3 nitrogen and oxygen atoms in total. The summed E-state index contributed by atoms with van der Waals surface area (Å²) >= 11 is 5.65. The molecule has 138 valence electrons. The molecule has 3 unspecified atom stereocenters. The molecule has 1 aliphatic heterocycles. The Morgan fingerprint density at radius 1 is 1.08 bits per heavy atom. The molecule has 1 aromatic rings. The predicted octanol–water partition coefficient (Wildman–Crippen LogP) is 3.25. The number of benzene rings is 1. The number of piperidine rings is 1. The molecular weight excluding hydrogens is 326 g/mol. The second-order valence-electron chi connectivity index (χ2n) is 8.17. The van der Waals surface area contributed by atoms with Crippen LogP contribution in [0.3, 0.4) is 0 Å². The van der Waals surface area contributed by atoms with Gasteiger partial charge in [0.05, 0.1) is 19.1 Å². The first-order chi connectivity index (χ1) is 12.0. The summed E-state index contributed by atoms with van der Waals surface area (Å²) in [6.45, 7) is 6.74. The Labute approximate surface area is 158 Å². The van der Waals surface area contributed by atoms with Gasteiger partial charge in [0.1, 0.15) is 0 Å². The first-order valence-electron chi connectivity index (χ1n) is 10.0. The minimum Gasteiger partial charge on any atom is -0.349 e.